The number of aromatic amines is 1. The van der Waals surface area contributed by atoms with Gasteiger partial charge in [0.25, 0.3) is 5.56 Å². The highest BCUT2D eigenvalue weighted by molar-refractivity contribution is 5.99. The van der Waals surface area contributed by atoms with Crippen molar-refractivity contribution < 1.29 is 5.11 Å². The van der Waals surface area contributed by atoms with Crippen LogP contribution >= 0.6 is 0 Å². The molecule has 0 bridgehead atoms. The van der Waals surface area contributed by atoms with E-state index in [1.54, 1.807) is 6.20 Å². The van der Waals surface area contributed by atoms with Crippen LogP contribution in [-0.4, -0.2) is 19.2 Å². The van der Waals surface area contributed by atoms with Gasteiger partial charge in [-0.1, -0.05) is 18.2 Å². The zero-order valence-electron chi connectivity index (χ0n) is 19.7. The number of nitrogens with one attached hydrogen (secondary N) is 1. The molecule has 2 aromatic carbocycles. The number of nitrogens with zero attached hydrogens (tertiary/aromatic N) is 2. The second-order valence-corrected chi connectivity index (χ2v) is 9.55. The molecule has 168 valence electrons. The van der Waals surface area contributed by atoms with Crippen molar-refractivity contribution in [3.8, 4) is 11.1 Å². The number of aliphatic hydroxyl groups is 1. The number of pyridine rings is 1. The standard InChI is InChI=1S/C28H29N3O2/c1-17-7-6-8-18(2)22(17)16-31-12-10-21-24(28(3,4)33)13-19(14-25(21)31)23-15-30(5)26-20(23)9-11-29-27(26)32/h6-15,33H,16H2,1-5H3,(H,29,32). The van der Waals surface area contributed by atoms with E-state index in [1.165, 1.54) is 16.7 Å². The maximum atomic E-state index is 12.4. The zero-order chi connectivity index (χ0) is 23.5. The van der Waals surface area contributed by atoms with Crippen molar-refractivity contribution >= 4 is 21.8 Å². The minimum Gasteiger partial charge on any atom is -0.386 e. The molecule has 5 rings (SSSR count). The van der Waals surface area contributed by atoms with Gasteiger partial charge in [-0.15, -0.1) is 0 Å². The molecule has 0 spiro atoms. The Balaban J connectivity index is 1.78. The summed E-state index contributed by atoms with van der Waals surface area (Å²) in [4.78, 5) is 15.2. The van der Waals surface area contributed by atoms with Gasteiger partial charge in [0, 0.05) is 54.0 Å². The maximum Gasteiger partial charge on any atom is 0.272 e. The largest absolute Gasteiger partial charge is 0.386 e. The van der Waals surface area contributed by atoms with Gasteiger partial charge in [-0.3, -0.25) is 4.79 Å². The second-order valence-electron chi connectivity index (χ2n) is 9.55. The lowest BCUT2D eigenvalue weighted by atomic mass is 9.91. The molecule has 0 atom stereocenters. The van der Waals surface area contributed by atoms with E-state index in [9.17, 15) is 9.90 Å². The third-order valence-electron chi connectivity index (χ3n) is 6.73. The molecule has 0 saturated heterocycles. The number of rotatable bonds is 4. The van der Waals surface area contributed by atoms with E-state index in [4.69, 9.17) is 0 Å². The lowest BCUT2D eigenvalue weighted by Crippen LogP contribution is -2.16. The third-order valence-corrected chi connectivity index (χ3v) is 6.73. The van der Waals surface area contributed by atoms with Gasteiger partial charge in [-0.2, -0.15) is 0 Å². The Kier molecular flexibility index (Phi) is 4.83. The van der Waals surface area contributed by atoms with E-state index in [2.05, 4.69) is 66.0 Å². The quantitative estimate of drug-likeness (QED) is 0.395. The lowest BCUT2D eigenvalue weighted by Gasteiger charge is -2.21. The smallest absolute Gasteiger partial charge is 0.272 e. The van der Waals surface area contributed by atoms with Gasteiger partial charge in [-0.25, -0.2) is 0 Å². The topological polar surface area (TPSA) is 62.9 Å². The van der Waals surface area contributed by atoms with Crippen molar-refractivity contribution in [2.45, 2.75) is 39.8 Å². The molecule has 33 heavy (non-hydrogen) atoms. The number of fused-ring (bicyclic) bond motifs is 2. The summed E-state index contributed by atoms with van der Waals surface area (Å²) in [5.41, 5.74) is 7.26. The molecule has 3 heterocycles. The van der Waals surface area contributed by atoms with Crippen molar-refractivity contribution in [2.24, 2.45) is 7.05 Å². The lowest BCUT2D eigenvalue weighted by molar-refractivity contribution is 0.0802. The van der Waals surface area contributed by atoms with Crippen LogP contribution in [-0.2, 0) is 19.2 Å². The Morgan fingerprint density at radius 2 is 1.76 bits per heavy atom. The molecule has 0 amide bonds. The Morgan fingerprint density at radius 1 is 1.03 bits per heavy atom. The highest BCUT2D eigenvalue weighted by Crippen LogP contribution is 2.37. The Labute approximate surface area is 192 Å². The minimum absolute atomic E-state index is 0.108. The molecule has 5 aromatic rings. The van der Waals surface area contributed by atoms with Crippen LogP contribution in [0.5, 0.6) is 0 Å². The molecule has 0 aliphatic rings. The second kappa shape index (κ2) is 7.49. The predicted molar refractivity (Wildman–Crippen MR) is 135 cm³/mol. The zero-order valence-corrected chi connectivity index (χ0v) is 19.7. The van der Waals surface area contributed by atoms with E-state index in [0.29, 0.717) is 5.52 Å². The summed E-state index contributed by atoms with van der Waals surface area (Å²) in [7, 11) is 1.89. The Morgan fingerprint density at radius 3 is 2.45 bits per heavy atom. The first kappa shape index (κ1) is 21.3. The fourth-order valence-corrected chi connectivity index (χ4v) is 4.96. The van der Waals surface area contributed by atoms with Gasteiger partial charge < -0.3 is 19.2 Å². The molecule has 0 saturated carbocycles. The van der Waals surface area contributed by atoms with Gasteiger partial charge >= 0.3 is 0 Å². The molecule has 0 fully saturated rings. The first-order valence-electron chi connectivity index (χ1n) is 11.2. The third kappa shape index (κ3) is 3.49. The molecular formula is C28H29N3O2. The van der Waals surface area contributed by atoms with E-state index in [1.807, 2.05) is 37.7 Å². The highest BCUT2D eigenvalue weighted by atomic mass is 16.3. The van der Waals surface area contributed by atoms with E-state index in [-0.39, 0.29) is 5.56 Å². The van der Waals surface area contributed by atoms with Crippen LogP contribution in [0.3, 0.4) is 0 Å². The number of H-pyrrole nitrogens is 1. The SMILES string of the molecule is Cc1cccc(C)c1Cn1ccc2c(C(C)(C)O)cc(-c3cn(C)c4c(=O)[nH]ccc34)cc21. The average molecular weight is 440 g/mol. The molecule has 0 aliphatic carbocycles. The number of aryl methyl sites for hydroxylation is 3. The molecule has 2 N–H and O–H groups in total. The Hall–Kier alpha value is -3.57. The van der Waals surface area contributed by atoms with E-state index < -0.39 is 5.60 Å². The Bertz CT molecular complexity index is 1550. The fourth-order valence-electron chi connectivity index (χ4n) is 4.96. The van der Waals surface area contributed by atoms with Crippen LogP contribution in [0.15, 0.2) is 65.8 Å². The van der Waals surface area contributed by atoms with Crippen molar-refractivity contribution in [3.05, 3.63) is 93.7 Å². The van der Waals surface area contributed by atoms with Gasteiger partial charge in [0.05, 0.1) is 5.60 Å². The molecule has 0 unspecified atom stereocenters. The number of hydrogen-bond donors (Lipinski definition) is 2. The summed E-state index contributed by atoms with van der Waals surface area (Å²) in [5.74, 6) is 0. The van der Waals surface area contributed by atoms with Crippen LogP contribution in [0, 0.1) is 13.8 Å². The minimum atomic E-state index is -1.01. The van der Waals surface area contributed by atoms with Crippen molar-refractivity contribution in [1.82, 2.24) is 14.1 Å². The van der Waals surface area contributed by atoms with Crippen LogP contribution in [0.25, 0.3) is 32.9 Å². The maximum absolute atomic E-state index is 12.4. The summed E-state index contributed by atoms with van der Waals surface area (Å²) in [6.45, 7) is 8.70. The number of aromatic nitrogens is 3. The first-order chi connectivity index (χ1) is 15.6. The van der Waals surface area contributed by atoms with Crippen molar-refractivity contribution in [2.75, 3.05) is 0 Å². The van der Waals surface area contributed by atoms with E-state index in [0.717, 1.165) is 39.5 Å². The molecule has 0 aliphatic heterocycles. The van der Waals surface area contributed by atoms with Crippen LogP contribution in [0.4, 0.5) is 0 Å². The molecule has 3 aromatic heterocycles. The summed E-state index contributed by atoms with van der Waals surface area (Å²) >= 11 is 0. The van der Waals surface area contributed by atoms with Crippen LogP contribution < -0.4 is 5.56 Å². The van der Waals surface area contributed by atoms with Gasteiger partial charge in [0.1, 0.15) is 5.52 Å². The van der Waals surface area contributed by atoms with Crippen LogP contribution in [0.1, 0.15) is 36.1 Å². The van der Waals surface area contributed by atoms with Gasteiger partial charge in [-0.05, 0) is 79.8 Å². The highest BCUT2D eigenvalue weighted by Gasteiger charge is 2.23. The van der Waals surface area contributed by atoms with Gasteiger partial charge in [0.15, 0.2) is 0 Å². The summed E-state index contributed by atoms with van der Waals surface area (Å²) in [6, 6.07) is 14.7. The monoisotopic (exact) mass is 439 g/mol. The average Bonchev–Trinajstić information content (AvgIpc) is 3.31. The van der Waals surface area contributed by atoms with Gasteiger partial charge in [0.2, 0.25) is 0 Å². The van der Waals surface area contributed by atoms with Crippen molar-refractivity contribution in [1.29, 1.82) is 0 Å². The first-order valence-corrected chi connectivity index (χ1v) is 11.2. The fraction of sp³-hybridized carbons (Fsp3) is 0.250. The molecule has 0 radical (unpaired) electrons. The predicted octanol–water partition coefficient (Wildman–Crippen LogP) is 5.38. The normalized spacial score (nSPS) is 12.2. The molecule has 5 nitrogen and oxygen atoms in total. The molecular weight excluding hydrogens is 410 g/mol. The summed E-state index contributed by atoms with van der Waals surface area (Å²) < 4.78 is 4.12. The van der Waals surface area contributed by atoms with Crippen LogP contribution in [0.2, 0.25) is 0 Å². The number of hydrogen-bond acceptors (Lipinski definition) is 2. The number of benzene rings is 2. The summed E-state index contributed by atoms with van der Waals surface area (Å²) in [6.07, 6.45) is 5.78. The van der Waals surface area contributed by atoms with Crippen molar-refractivity contribution in [3.63, 3.8) is 0 Å². The summed E-state index contributed by atoms with van der Waals surface area (Å²) in [5, 5.41) is 13.0. The van der Waals surface area contributed by atoms with E-state index >= 15 is 0 Å². The molecule has 5 heteroatoms.